The summed E-state index contributed by atoms with van der Waals surface area (Å²) in [6, 6.07) is 8.43. The van der Waals surface area contributed by atoms with Crippen LogP contribution in [-0.2, 0) is 6.18 Å². The number of hydrogen-bond donors (Lipinski definition) is 2. The lowest BCUT2D eigenvalue weighted by atomic mass is 9.91. The van der Waals surface area contributed by atoms with Crippen molar-refractivity contribution in [3.8, 4) is 0 Å². The number of fused-ring (bicyclic) bond motifs is 2. The quantitative estimate of drug-likeness (QED) is 0.472. The molecule has 2 N–H and O–H groups in total. The summed E-state index contributed by atoms with van der Waals surface area (Å²) in [5, 5.41) is 12.1. The topological polar surface area (TPSA) is 80.0 Å². The Balaban J connectivity index is 1.38. The van der Waals surface area contributed by atoms with E-state index in [4.69, 9.17) is 0 Å². The van der Waals surface area contributed by atoms with Gasteiger partial charge >= 0.3 is 6.18 Å². The summed E-state index contributed by atoms with van der Waals surface area (Å²) in [5.74, 6) is 1.07. The highest BCUT2D eigenvalue weighted by Gasteiger charge is 2.34. The van der Waals surface area contributed by atoms with Crippen molar-refractivity contribution >= 4 is 28.2 Å². The summed E-state index contributed by atoms with van der Waals surface area (Å²) in [7, 11) is 0. The van der Waals surface area contributed by atoms with Crippen molar-refractivity contribution in [1.29, 1.82) is 0 Å². The van der Waals surface area contributed by atoms with E-state index < -0.39 is 11.9 Å². The fourth-order valence-corrected chi connectivity index (χ4v) is 4.31. The zero-order valence-electron chi connectivity index (χ0n) is 17.4. The van der Waals surface area contributed by atoms with Crippen LogP contribution in [0.15, 0.2) is 42.7 Å². The third-order valence-corrected chi connectivity index (χ3v) is 5.74. The molecule has 10 heteroatoms. The number of anilines is 2. The standard InChI is InChI=1S/C22H22F3N7/c1-13-10-19-30-18(22(23,24)25)12-20(32(19)31-13)28-14-4-2-5-15(11-14)29-21-16-6-3-8-26-17(16)7-9-27-21/h3,6-10,12,14-15,28H,2,4-5,11H2,1H3,(H,27,29)/t14-,15+/m0/s1. The van der Waals surface area contributed by atoms with Gasteiger partial charge < -0.3 is 10.6 Å². The Labute approximate surface area is 182 Å². The molecule has 0 radical (unpaired) electrons. The van der Waals surface area contributed by atoms with Crippen molar-refractivity contribution in [2.75, 3.05) is 10.6 Å². The minimum absolute atomic E-state index is 0.00876. The van der Waals surface area contributed by atoms with Gasteiger partial charge in [-0.1, -0.05) is 0 Å². The zero-order valence-corrected chi connectivity index (χ0v) is 17.4. The van der Waals surface area contributed by atoms with Crippen molar-refractivity contribution in [3.05, 3.63) is 54.1 Å². The van der Waals surface area contributed by atoms with Crippen LogP contribution in [0, 0.1) is 6.92 Å². The molecule has 0 unspecified atom stereocenters. The van der Waals surface area contributed by atoms with Gasteiger partial charge in [0.05, 0.1) is 11.2 Å². The molecule has 32 heavy (non-hydrogen) atoms. The van der Waals surface area contributed by atoms with Gasteiger partial charge in [-0.3, -0.25) is 4.98 Å². The van der Waals surface area contributed by atoms with Gasteiger partial charge in [-0.15, -0.1) is 0 Å². The first-order valence-corrected chi connectivity index (χ1v) is 10.5. The lowest BCUT2D eigenvalue weighted by molar-refractivity contribution is -0.141. The van der Waals surface area contributed by atoms with E-state index in [1.165, 1.54) is 4.52 Å². The smallest absolute Gasteiger partial charge is 0.367 e. The second-order valence-corrected chi connectivity index (χ2v) is 8.16. The average Bonchev–Trinajstić information content (AvgIpc) is 3.14. The Kier molecular flexibility index (Phi) is 5.07. The highest BCUT2D eigenvalue weighted by Crippen LogP contribution is 2.32. The minimum atomic E-state index is -4.53. The molecule has 166 valence electrons. The largest absolute Gasteiger partial charge is 0.433 e. The molecular formula is C22H22F3N7. The van der Waals surface area contributed by atoms with Gasteiger partial charge in [-0.25, -0.2) is 9.97 Å². The number of aromatic nitrogens is 5. The molecule has 5 rings (SSSR count). The van der Waals surface area contributed by atoms with E-state index in [9.17, 15) is 13.2 Å². The summed E-state index contributed by atoms with van der Waals surface area (Å²) in [6.07, 6.45) is 2.43. The molecule has 4 aromatic rings. The van der Waals surface area contributed by atoms with Crippen LogP contribution < -0.4 is 10.6 Å². The zero-order chi connectivity index (χ0) is 22.3. The average molecular weight is 441 g/mol. The molecule has 0 aliphatic heterocycles. The number of nitrogens with zero attached hydrogens (tertiary/aromatic N) is 5. The highest BCUT2D eigenvalue weighted by molar-refractivity contribution is 5.88. The molecule has 1 fully saturated rings. The molecule has 7 nitrogen and oxygen atoms in total. The van der Waals surface area contributed by atoms with Crippen LogP contribution in [0.4, 0.5) is 24.8 Å². The molecule has 2 atom stereocenters. The maximum Gasteiger partial charge on any atom is 0.433 e. The van der Waals surface area contributed by atoms with Crippen molar-refractivity contribution in [1.82, 2.24) is 24.6 Å². The maximum absolute atomic E-state index is 13.4. The molecule has 0 amide bonds. The highest BCUT2D eigenvalue weighted by atomic mass is 19.4. The second kappa shape index (κ2) is 7.92. The van der Waals surface area contributed by atoms with Crippen molar-refractivity contribution in [2.24, 2.45) is 0 Å². The van der Waals surface area contributed by atoms with Crippen LogP contribution in [-0.4, -0.2) is 36.6 Å². The van der Waals surface area contributed by atoms with E-state index in [-0.39, 0.29) is 17.7 Å². The first-order chi connectivity index (χ1) is 15.4. The molecule has 4 aromatic heterocycles. The number of pyridine rings is 2. The van der Waals surface area contributed by atoms with Crippen molar-refractivity contribution < 1.29 is 13.2 Å². The van der Waals surface area contributed by atoms with Gasteiger partial charge in [0, 0.05) is 42.0 Å². The number of aryl methyl sites for hydroxylation is 1. The van der Waals surface area contributed by atoms with Gasteiger partial charge in [0.15, 0.2) is 11.3 Å². The van der Waals surface area contributed by atoms with E-state index in [1.54, 1.807) is 25.4 Å². The Morgan fingerprint density at radius 1 is 1.03 bits per heavy atom. The third-order valence-electron chi connectivity index (χ3n) is 5.74. The molecule has 4 heterocycles. The molecule has 1 aliphatic rings. The lowest BCUT2D eigenvalue weighted by Crippen LogP contribution is -2.35. The Morgan fingerprint density at radius 3 is 2.66 bits per heavy atom. The number of hydrogen-bond acceptors (Lipinski definition) is 6. The van der Waals surface area contributed by atoms with E-state index in [0.29, 0.717) is 11.5 Å². The Hall–Kier alpha value is -3.43. The fourth-order valence-electron chi connectivity index (χ4n) is 4.31. The first kappa shape index (κ1) is 20.5. The molecule has 0 saturated heterocycles. The number of alkyl halides is 3. The fraction of sp³-hybridized carbons (Fsp3) is 0.364. The Morgan fingerprint density at radius 2 is 1.84 bits per heavy atom. The molecule has 1 saturated carbocycles. The van der Waals surface area contributed by atoms with Gasteiger partial charge in [0.25, 0.3) is 0 Å². The molecule has 1 aliphatic carbocycles. The normalized spacial score (nSPS) is 19.4. The van der Waals surface area contributed by atoms with Crippen LogP contribution in [0.1, 0.15) is 37.1 Å². The lowest BCUT2D eigenvalue weighted by Gasteiger charge is -2.31. The van der Waals surface area contributed by atoms with Gasteiger partial charge in [0.1, 0.15) is 11.6 Å². The summed E-state index contributed by atoms with van der Waals surface area (Å²) in [5.41, 5.74) is 0.727. The Bertz CT molecular complexity index is 1260. The summed E-state index contributed by atoms with van der Waals surface area (Å²) in [6.45, 7) is 1.73. The minimum Gasteiger partial charge on any atom is -0.367 e. The van der Waals surface area contributed by atoms with Gasteiger partial charge in [-0.2, -0.15) is 22.8 Å². The van der Waals surface area contributed by atoms with Crippen LogP contribution in [0.5, 0.6) is 0 Å². The second-order valence-electron chi connectivity index (χ2n) is 8.16. The van der Waals surface area contributed by atoms with E-state index in [2.05, 4.69) is 30.7 Å². The summed E-state index contributed by atoms with van der Waals surface area (Å²) >= 11 is 0. The van der Waals surface area contributed by atoms with Crippen LogP contribution in [0.2, 0.25) is 0 Å². The molecular weight excluding hydrogens is 419 g/mol. The van der Waals surface area contributed by atoms with Crippen molar-refractivity contribution in [3.63, 3.8) is 0 Å². The summed E-state index contributed by atoms with van der Waals surface area (Å²) in [4.78, 5) is 12.6. The van der Waals surface area contributed by atoms with Crippen molar-refractivity contribution in [2.45, 2.75) is 50.9 Å². The van der Waals surface area contributed by atoms with E-state index >= 15 is 0 Å². The predicted molar refractivity (Wildman–Crippen MR) is 116 cm³/mol. The maximum atomic E-state index is 13.4. The third kappa shape index (κ3) is 4.04. The number of nitrogens with one attached hydrogen (secondary N) is 2. The molecule has 0 spiro atoms. The first-order valence-electron chi connectivity index (χ1n) is 10.5. The molecule has 0 bridgehead atoms. The molecule has 0 aromatic carbocycles. The predicted octanol–water partition coefficient (Wildman–Crippen LogP) is 4.83. The van der Waals surface area contributed by atoms with Crippen LogP contribution in [0.25, 0.3) is 16.6 Å². The van der Waals surface area contributed by atoms with E-state index in [1.807, 2.05) is 18.2 Å². The van der Waals surface area contributed by atoms with Crippen LogP contribution in [0.3, 0.4) is 0 Å². The monoisotopic (exact) mass is 441 g/mol. The van der Waals surface area contributed by atoms with Crippen LogP contribution >= 0.6 is 0 Å². The summed E-state index contributed by atoms with van der Waals surface area (Å²) < 4.78 is 41.6. The van der Waals surface area contributed by atoms with Gasteiger partial charge in [0.2, 0.25) is 0 Å². The number of rotatable bonds is 4. The van der Waals surface area contributed by atoms with E-state index in [0.717, 1.165) is 48.5 Å². The number of halogens is 3. The SMILES string of the molecule is Cc1cc2nc(C(F)(F)F)cc(N[C@H]3CCC[C@@H](Nc4nccc5ncccc45)C3)n2n1. The van der Waals surface area contributed by atoms with Gasteiger partial charge in [-0.05, 0) is 50.8 Å².